The Balaban J connectivity index is 1.37. The van der Waals surface area contributed by atoms with Gasteiger partial charge in [-0.25, -0.2) is 9.78 Å². The summed E-state index contributed by atoms with van der Waals surface area (Å²) in [4.78, 5) is 22.1. The number of amides is 2. The number of H-pyrrole nitrogens is 2. The summed E-state index contributed by atoms with van der Waals surface area (Å²) in [6.07, 6.45) is 1.96. The molecule has 3 heterocycles. The van der Waals surface area contributed by atoms with E-state index < -0.39 is 0 Å². The van der Waals surface area contributed by atoms with Crippen LogP contribution in [0, 0.1) is 6.92 Å². The summed E-state index contributed by atoms with van der Waals surface area (Å²) in [6, 6.07) is 7.65. The number of fused-ring (bicyclic) bond motifs is 1. The van der Waals surface area contributed by atoms with E-state index in [1.807, 2.05) is 36.1 Å². The van der Waals surface area contributed by atoms with Gasteiger partial charge in [0.2, 0.25) is 0 Å². The van der Waals surface area contributed by atoms with E-state index >= 15 is 0 Å². The van der Waals surface area contributed by atoms with Gasteiger partial charge in [0, 0.05) is 40.6 Å². The smallest absolute Gasteiger partial charge is 0.317 e. The van der Waals surface area contributed by atoms with Crippen molar-refractivity contribution in [1.29, 1.82) is 0 Å². The van der Waals surface area contributed by atoms with E-state index in [2.05, 4.69) is 25.5 Å². The van der Waals surface area contributed by atoms with Crippen molar-refractivity contribution in [1.82, 2.24) is 30.4 Å². The minimum absolute atomic E-state index is 0.0568. The molecule has 1 fully saturated rings. The van der Waals surface area contributed by atoms with Crippen molar-refractivity contribution in [3.8, 4) is 0 Å². The zero-order valence-corrected chi connectivity index (χ0v) is 15.3. The van der Waals surface area contributed by atoms with E-state index in [9.17, 15) is 4.79 Å². The van der Waals surface area contributed by atoms with Crippen molar-refractivity contribution in [3.63, 3.8) is 0 Å². The minimum atomic E-state index is -0.0568. The van der Waals surface area contributed by atoms with Gasteiger partial charge in [-0.1, -0.05) is 11.6 Å². The second-order valence-corrected chi connectivity index (χ2v) is 7.19. The maximum atomic E-state index is 12.6. The summed E-state index contributed by atoms with van der Waals surface area (Å²) in [7, 11) is 0. The Morgan fingerprint density at radius 3 is 3.12 bits per heavy atom. The van der Waals surface area contributed by atoms with Crippen LogP contribution in [-0.4, -0.2) is 44.2 Å². The van der Waals surface area contributed by atoms with Gasteiger partial charge in [-0.15, -0.1) is 0 Å². The molecule has 7 nitrogen and oxygen atoms in total. The highest BCUT2D eigenvalue weighted by Gasteiger charge is 2.27. The number of aromatic amines is 2. The maximum absolute atomic E-state index is 12.6. The fourth-order valence-corrected chi connectivity index (χ4v) is 3.64. The van der Waals surface area contributed by atoms with E-state index in [0.717, 1.165) is 47.6 Å². The largest absolute Gasteiger partial charge is 0.357 e. The van der Waals surface area contributed by atoms with Crippen LogP contribution in [0.1, 0.15) is 36.1 Å². The number of nitrogens with one attached hydrogen (secondary N) is 3. The third kappa shape index (κ3) is 3.53. The van der Waals surface area contributed by atoms with Crippen LogP contribution in [-0.2, 0) is 6.54 Å². The molecular formula is C18H21ClN6O. The third-order valence-electron chi connectivity index (χ3n) is 4.76. The molecule has 2 aromatic heterocycles. The Morgan fingerprint density at radius 1 is 1.42 bits per heavy atom. The van der Waals surface area contributed by atoms with Gasteiger partial charge >= 0.3 is 6.03 Å². The molecule has 1 atom stereocenters. The molecule has 0 aliphatic carbocycles. The number of aromatic nitrogens is 4. The number of carbonyl (C=O) groups excluding carboxylic acids is 1. The number of nitrogens with zero attached hydrogens (tertiary/aromatic N) is 3. The van der Waals surface area contributed by atoms with Crippen molar-refractivity contribution in [2.75, 3.05) is 13.1 Å². The quantitative estimate of drug-likeness (QED) is 0.658. The van der Waals surface area contributed by atoms with Crippen molar-refractivity contribution < 1.29 is 4.79 Å². The summed E-state index contributed by atoms with van der Waals surface area (Å²) in [5, 5.41) is 11.9. The van der Waals surface area contributed by atoms with Gasteiger partial charge in [-0.05, 0) is 44.0 Å². The minimum Gasteiger partial charge on any atom is -0.357 e. The molecule has 0 radical (unpaired) electrons. The van der Waals surface area contributed by atoms with Crippen LogP contribution in [0.2, 0.25) is 5.02 Å². The summed E-state index contributed by atoms with van der Waals surface area (Å²) in [5.74, 6) is 1.79. The Kier molecular flexibility index (Phi) is 4.55. The molecule has 26 heavy (non-hydrogen) atoms. The third-order valence-corrected chi connectivity index (χ3v) is 4.99. The summed E-state index contributed by atoms with van der Waals surface area (Å²) >= 11 is 6.02. The first-order valence-electron chi connectivity index (χ1n) is 8.77. The number of hydrogen-bond acceptors (Lipinski definition) is 3. The van der Waals surface area contributed by atoms with E-state index in [1.165, 1.54) is 0 Å². The number of likely N-dealkylation sites (tertiary alicyclic amines) is 1. The molecule has 0 bridgehead atoms. The number of urea groups is 1. The van der Waals surface area contributed by atoms with Crippen LogP contribution >= 0.6 is 11.6 Å². The van der Waals surface area contributed by atoms with Gasteiger partial charge in [0.15, 0.2) is 5.82 Å². The fourth-order valence-electron chi connectivity index (χ4n) is 3.46. The lowest BCUT2D eigenvalue weighted by atomic mass is 9.98. The molecular weight excluding hydrogens is 352 g/mol. The highest BCUT2D eigenvalue weighted by molar-refractivity contribution is 6.31. The number of halogens is 1. The Labute approximate surface area is 156 Å². The molecule has 1 aliphatic heterocycles. The zero-order chi connectivity index (χ0) is 18.1. The zero-order valence-electron chi connectivity index (χ0n) is 14.6. The second kappa shape index (κ2) is 6.99. The molecule has 2 amide bonds. The topological polar surface area (TPSA) is 89.7 Å². The summed E-state index contributed by atoms with van der Waals surface area (Å²) in [5.41, 5.74) is 1.96. The number of carbonyl (C=O) groups is 1. The van der Waals surface area contributed by atoms with Crippen LogP contribution in [0.25, 0.3) is 10.9 Å². The average Bonchev–Trinajstić information content (AvgIpc) is 3.25. The van der Waals surface area contributed by atoms with Crippen molar-refractivity contribution in [2.24, 2.45) is 0 Å². The first kappa shape index (κ1) is 16.9. The molecule has 3 aromatic rings. The first-order valence-corrected chi connectivity index (χ1v) is 9.15. The molecule has 1 unspecified atom stereocenters. The Morgan fingerprint density at radius 2 is 2.31 bits per heavy atom. The molecule has 8 heteroatoms. The van der Waals surface area contributed by atoms with Crippen LogP contribution in [0.4, 0.5) is 4.79 Å². The van der Waals surface area contributed by atoms with E-state index in [-0.39, 0.29) is 11.9 Å². The van der Waals surface area contributed by atoms with Gasteiger partial charge in [0.1, 0.15) is 5.82 Å². The van der Waals surface area contributed by atoms with Gasteiger partial charge in [0.05, 0.1) is 6.54 Å². The number of aryl methyl sites for hydroxylation is 1. The van der Waals surface area contributed by atoms with Crippen LogP contribution < -0.4 is 5.32 Å². The monoisotopic (exact) mass is 372 g/mol. The predicted octanol–water partition coefficient (Wildman–Crippen LogP) is 3.34. The van der Waals surface area contributed by atoms with Gasteiger partial charge in [-0.2, -0.15) is 5.10 Å². The van der Waals surface area contributed by atoms with Gasteiger partial charge in [-0.3, -0.25) is 5.10 Å². The lowest BCUT2D eigenvalue weighted by Crippen LogP contribution is -2.44. The molecule has 1 aromatic carbocycles. The Bertz CT molecular complexity index is 933. The van der Waals surface area contributed by atoms with E-state index in [0.29, 0.717) is 18.1 Å². The van der Waals surface area contributed by atoms with Crippen molar-refractivity contribution >= 4 is 28.5 Å². The van der Waals surface area contributed by atoms with Crippen LogP contribution in [0.3, 0.4) is 0 Å². The number of piperidine rings is 1. The molecule has 4 rings (SSSR count). The molecule has 0 saturated carbocycles. The molecule has 0 spiro atoms. The highest BCUT2D eigenvalue weighted by Crippen LogP contribution is 2.24. The second-order valence-electron chi connectivity index (χ2n) is 6.75. The van der Waals surface area contributed by atoms with E-state index in [4.69, 9.17) is 11.6 Å². The average molecular weight is 373 g/mol. The molecule has 136 valence electrons. The lowest BCUT2D eigenvalue weighted by Gasteiger charge is -2.31. The number of hydrogen-bond donors (Lipinski definition) is 3. The standard InChI is InChI=1S/C18H21ClN6O/c1-11-21-17(24-23-11)12-3-2-6-25(10-12)18(26)20-9-15-8-13-7-14(19)4-5-16(13)22-15/h4-5,7-8,12,22H,2-3,6,9-10H2,1H3,(H,20,26)(H,21,23,24). The molecule has 1 aliphatic rings. The molecule has 1 saturated heterocycles. The van der Waals surface area contributed by atoms with Crippen molar-refractivity contribution in [2.45, 2.75) is 32.2 Å². The van der Waals surface area contributed by atoms with E-state index in [1.54, 1.807) is 0 Å². The maximum Gasteiger partial charge on any atom is 0.317 e. The SMILES string of the molecule is Cc1nc(C2CCCN(C(=O)NCc3cc4cc(Cl)ccc4[nH]3)C2)n[nH]1. The first-order chi connectivity index (χ1) is 12.6. The van der Waals surface area contributed by atoms with Crippen LogP contribution in [0.15, 0.2) is 24.3 Å². The lowest BCUT2D eigenvalue weighted by molar-refractivity contribution is 0.178. The summed E-state index contributed by atoms with van der Waals surface area (Å²) in [6.45, 7) is 3.74. The van der Waals surface area contributed by atoms with Gasteiger partial charge in [0.25, 0.3) is 0 Å². The van der Waals surface area contributed by atoms with Crippen LogP contribution in [0.5, 0.6) is 0 Å². The predicted molar refractivity (Wildman–Crippen MR) is 100 cm³/mol. The fraction of sp³-hybridized carbons (Fsp3) is 0.389. The molecule has 3 N–H and O–H groups in total. The number of benzene rings is 1. The van der Waals surface area contributed by atoms with Gasteiger partial charge < -0.3 is 15.2 Å². The van der Waals surface area contributed by atoms with Crippen molar-refractivity contribution in [3.05, 3.63) is 46.6 Å². The number of rotatable bonds is 3. The normalized spacial score (nSPS) is 17.6. The highest BCUT2D eigenvalue weighted by atomic mass is 35.5. The summed E-state index contributed by atoms with van der Waals surface area (Å²) < 4.78 is 0. The Hall–Kier alpha value is -2.54.